The van der Waals surface area contributed by atoms with Crippen LogP contribution in [0.1, 0.15) is 124 Å². The van der Waals surface area contributed by atoms with Gasteiger partial charge in [-0.1, -0.05) is 59.7 Å². The smallest absolute Gasteiger partial charge is 0.226 e. The Morgan fingerprint density at radius 3 is 2.36 bits per heavy atom. The molecule has 5 aliphatic rings. The zero-order valence-electron chi connectivity index (χ0n) is 27.4. The van der Waals surface area contributed by atoms with Crippen molar-refractivity contribution >= 4 is 11.6 Å². The maximum Gasteiger partial charge on any atom is 0.226 e. The number of aromatic nitrogens is 1. The van der Waals surface area contributed by atoms with E-state index in [2.05, 4.69) is 50.7 Å². The van der Waals surface area contributed by atoms with Crippen molar-refractivity contribution in [1.82, 2.24) is 5.16 Å². The molecule has 5 aliphatic carbocycles. The number of Topliss-reactive ketones (excluding diaryl/α,β-unsaturated/α-hetero) is 2. The van der Waals surface area contributed by atoms with Crippen LogP contribution in [0.4, 0.5) is 0 Å². The van der Waals surface area contributed by atoms with E-state index in [1.54, 1.807) is 0 Å². The van der Waals surface area contributed by atoms with Crippen LogP contribution in [-0.4, -0.2) is 16.7 Å². The van der Waals surface area contributed by atoms with E-state index >= 15 is 0 Å². The molecule has 4 fully saturated rings. The highest BCUT2D eigenvalue weighted by Gasteiger charge is 2.71. The zero-order chi connectivity index (χ0) is 30.5. The van der Waals surface area contributed by atoms with Crippen molar-refractivity contribution in [3.05, 3.63) is 40.7 Å². The van der Waals surface area contributed by atoms with E-state index in [1.807, 2.05) is 26.8 Å². The number of carbonyl (C=O) groups excluding carboxylic acids is 2. The largest absolute Gasteiger partial charge is 0.361 e. The van der Waals surface area contributed by atoms with Gasteiger partial charge in [0.25, 0.3) is 0 Å². The summed E-state index contributed by atoms with van der Waals surface area (Å²) in [5.41, 5.74) is 0.806. The average Bonchev–Trinajstić information content (AvgIpc) is 3.33. The highest BCUT2D eigenvalue weighted by Crippen LogP contribution is 2.76. The quantitative estimate of drug-likeness (QED) is 0.338. The first-order chi connectivity index (χ1) is 19.5. The number of aryl methyl sites for hydroxylation is 2. The molecule has 0 saturated heterocycles. The standard InChI is InChI=1S/C37H52N2O3/c1-23-19-24(39-42-23)11-10-13-37-17-15-32(2,3)21-25(37)30-27(40)20-29-34(6)22-26(38-9)31(41)33(4,5)28(34)12-14-35(29,7)36(30,8)16-18-37/h19,22,25,28-30H,10-18,20-21H2,1-8H3/t25?,28-,29+,30?,34-,35+,36+,37+/m0/s1. The van der Waals surface area contributed by atoms with Crippen molar-refractivity contribution in [3.8, 4) is 0 Å². The molecule has 5 heteroatoms. The molecule has 1 heterocycles. The molecule has 0 bridgehead atoms. The van der Waals surface area contributed by atoms with Crippen LogP contribution in [0.2, 0.25) is 0 Å². The molecular weight excluding hydrogens is 520 g/mol. The average molecular weight is 573 g/mol. The number of hydrogen-bond donors (Lipinski definition) is 0. The minimum absolute atomic E-state index is 0.0110. The van der Waals surface area contributed by atoms with Crippen LogP contribution in [-0.2, 0) is 16.0 Å². The Bertz CT molecular complexity index is 1380. The van der Waals surface area contributed by atoms with Gasteiger partial charge in [0.1, 0.15) is 11.5 Å². The Balaban J connectivity index is 1.37. The lowest BCUT2D eigenvalue weighted by Crippen LogP contribution is -2.68. The van der Waals surface area contributed by atoms with Gasteiger partial charge in [0.15, 0.2) is 5.78 Å². The van der Waals surface area contributed by atoms with Crippen molar-refractivity contribution in [2.75, 3.05) is 0 Å². The molecule has 2 unspecified atom stereocenters. The molecule has 0 radical (unpaired) electrons. The fourth-order valence-electron chi connectivity index (χ4n) is 12.0. The lowest BCUT2D eigenvalue weighted by molar-refractivity contribution is -0.223. The summed E-state index contributed by atoms with van der Waals surface area (Å²) in [4.78, 5) is 31.8. The van der Waals surface area contributed by atoms with E-state index in [9.17, 15) is 9.59 Å². The second-order valence-electron chi connectivity index (χ2n) is 17.3. The summed E-state index contributed by atoms with van der Waals surface area (Å²) in [6, 6.07) is 2.06. The number of allylic oxidation sites excluding steroid dienone is 2. The Labute approximate surface area is 253 Å². The summed E-state index contributed by atoms with van der Waals surface area (Å²) in [7, 11) is 0. The highest BCUT2D eigenvalue weighted by atomic mass is 16.5. The van der Waals surface area contributed by atoms with Gasteiger partial charge in [-0.05, 0) is 116 Å². The molecule has 1 aromatic rings. The van der Waals surface area contributed by atoms with Gasteiger partial charge in [-0.3, -0.25) is 4.79 Å². The summed E-state index contributed by atoms with van der Waals surface area (Å²) in [6.45, 7) is 26.0. The van der Waals surface area contributed by atoms with Crippen molar-refractivity contribution in [3.63, 3.8) is 0 Å². The van der Waals surface area contributed by atoms with E-state index in [0.29, 0.717) is 23.8 Å². The first-order valence-electron chi connectivity index (χ1n) is 16.6. The highest BCUT2D eigenvalue weighted by molar-refractivity contribution is 6.02. The number of carbonyl (C=O) groups is 2. The summed E-state index contributed by atoms with van der Waals surface area (Å²) in [5.74, 6) is 2.14. The van der Waals surface area contributed by atoms with Crippen LogP contribution in [0.3, 0.4) is 0 Å². The van der Waals surface area contributed by atoms with Gasteiger partial charge in [0, 0.05) is 23.8 Å². The van der Waals surface area contributed by atoms with Crippen molar-refractivity contribution in [2.45, 2.75) is 126 Å². The van der Waals surface area contributed by atoms with Crippen molar-refractivity contribution in [1.29, 1.82) is 0 Å². The van der Waals surface area contributed by atoms with Crippen LogP contribution in [0.25, 0.3) is 4.85 Å². The fourth-order valence-corrected chi connectivity index (χ4v) is 12.0. The summed E-state index contributed by atoms with van der Waals surface area (Å²) in [6.07, 6.45) is 13.7. The zero-order valence-corrected chi connectivity index (χ0v) is 27.4. The minimum atomic E-state index is -0.580. The van der Waals surface area contributed by atoms with E-state index in [1.165, 1.54) is 19.3 Å². The first kappa shape index (κ1) is 29.8. The normalized spacial score (nSPS) is 43.7. The molecule has 5 nitrogen and oxygen atoms in total. The lowest BCUT2D eigenvalue weighted by atomic mass is 9.31. The molecule has 0 amide bonds. The number of nitrogens with zero attached hydrogens (tertiary/aromatic N) is 2. The molecule has 8 atom stereocenters. The third kappa shape index (κ3) is 4.02. The van der Waals surface area contributed by atoms with Crippen LogP contribution >= 0.6 is 0 Å². The maximum atomic E-state index is 14.8. The molecule has 228 valence electrons. The van der Waals surface area contributed by atoms with Gasteiger partial charge in [-0.2, -0.15) is 0 Å². The fraction of sp³-hybridized carbons (Fsp3) is 0.784. The molecule has 0 aliphatic heterocycles. The molecule has 1 aromatic heterocycles. The molecule has 0 aromatic carbocycles. The van der Waals surface area contributed by atoms with Crippen LogP contribution < -0.4 is 0 Å². The second kappa shape index (κ2) is 9.39. The summed E-state index contributed by atoms with van der Waals surface area (Å²) in [5, 5.41) is 4.26. The van der Waals surface area contributed by atoms with Crippen LogP contribution in [0, 0.1) is 69.7 Å². The van der Waals surface area contributed by atoms with E-state index in [4.69, 9.17) is 11.1 Å². The molecule has 0 N–H and O–H groups in total. The van der Waals surface area contributed by atoms with E-state index < -0.39 is 5.41 Å². The van der Waals surface area contributed by atoms with Gasteiger partial charge in [0.2, 0.25) is 5.70 Å². The Hall–Kier alpha value is -2.22. The third-order valence-corrected chi connectivity index (χ3v) is 14.4. The first-order valence-corrected chi connectivity index (χ1v) is 16.6. The van der Waals surface area contributed by atoms with Gasteiger partial charge in [0.05, 0.1) is 12.3 Å². The molecule has 6 rings (SSSR count). The van der Waals surface area contributed by atoms with Crippen molar-refractivity contribution in [2.24, 2.45) is 56.2 Å². The van der Waals surface area contributed by atoms with Gasteiger partial charge in [-0.25, -0.2) is 4.85 Å². The van der Waals surface area contributed by atoms with Gasteiger partial charge >= 0.3 is 0 Å². The third-order valence-electron chi connectivity index (χ3n) is 14.4. The Kier molecular flexibility index (Phi) is 6.67. The van der Waals surface area contributed by atoms with Gasteiger partial charge in [-0.15, -0.1) is 0 Å². The molecule has 42 heavy (non-hydrogen) atoms. The van der Waals surface area contributed by atoms with Crippen molar-refractivity contribution < 1.29 is 14.1 Å². The van der Waals surface area contributed by atoms with Crippen LogP contribution in [0.5, 0.6) is 0 Å². The number of ketones is 2. The maximum absolute atomic E-state index is 14.8. The molecule has 4 saturated carbocycles. The molecular formula is C37H52N2O3. The topological polar surface area (TPSA) is 64.5 Å². The number of rotatable bonds is 4. The SMILES string of the molecule is [C-]#[N+]C1=C[C@]2(C)[C@H]3CC(=O)C4C5CC(C)(C)CC[C@]5(CCCc5cc(C)on5)CC[C@@]4(C)[C@]3(C)CC[C@H]2C(C)(C)C1=O. The molecule has 0 spiro atoms. The monoisotopic (exact) mass is 572 g/mol. The van der Waals surface area contributed by atoms with Gasteiger partial charge < -0.3 is 9.32 Å². The predicted molar refractivity (Wildman–Crippen MR) is 164 cm³/mol. The summed E-state index contributed by atoms with van der Waals surface area (Å²) >= 11 is 0. The second-order valence-corrected chi connectivity index (χ2v) is 17.3. The lowest BCUT2D eigenvalue weighted by Gasteiger charge is -2.72. The van der Waals surface area contributed by atoms with Crippen LogP contribution in [0.15, 0.2) is 22.4 Å². The van der Waals surface area contributed by atoms with E-state index in [-0.39, 0.29) is 50.6 Å². The summed E-state index contributed by atoms with van der Waals surface area (Å²) < 4.78 is 5.34. The number of hydrogen-bond acceptors (Lipinski definition) is 4. The Morgan fingerprint density at radius 2 is 1.69 bits per heavy atom. The van der Waals surface area contributed by atoms with E-state index in [0.717, 1.165) is 56.4 Å². The predicted octanol–water partition coefficient (Wildman–Crippen LogP) is 8.96. The minimum Gasteiger partial charge on any atom is -0.361 e. The number of fused-ring (bicyclic) bond motifs is 7. The Morgan fingerprint density at radius 1 is 0.976 bits per heavy atom.